The first kappa shape index (κ1) is 14.0. The number of thiophene rings is 1. The molecule has 18 heavy (non-hydrogen) atoms. The molecule has 2 rings (SSSR count). The molecule has 0 unspecified atom stereocenters. The van der Waals surface area contributed by atoms with E-state index in [0.717, 1.165) is 27.2 Å². The van der Waals surface area contributed by atoms with Gasteiger partial charge in [0.1, 0.15) is 4.34 Å². The van der Waals surface area contributed by atoms with Gasteiger partial charge >= 0.3 is 5.97 Å². The first-order valence-electron chi connectivity index (χ1n) is 5.21. The summed E-state index contributed by atoms with van der Waals surface area (Å²) in [7, 11) is 0. The van der Waals surface area contributed by atoms with Crippen LogP contribution in [0.1, 0.15) is 28.8 Å². The summed E-state index contributed by atoms with van der Waals surface area (Å²) in [5.74, 6) is -0.996. The van der Waals surface area contributed by atoms with Crippen LogP contribution in [0.25, 0.3) is 9.75 Å². The van der Waals surface area contributed by atoms with Gasteiger partial charge in [0.05, 0.1) is 9.88 Å². The Hall–Kier alpha value is -0.430. The van der Waals surface area contributed by atoms with Crippen LogP contribution in [-0.2, 0) is 6.42 Å². The van der Waals surface area contributed by atoms with Crippen molar-refractivity contribution >= 4 is 56.2 Å². The fraction of sp³-hybridized carbons (Fsp3) is 0.273. The Balaban J connectivity index is 2.51. The number of rotatable bonds is 4. The molecule has 0 fully saturated rings. The van der Waals surface area contributed by atoms with Gasteiger partial charge in [-0.1, -0.05) is 18.5 Å². The maximum Gasteiger partial charge on any atom is 0.356 e. The fourth-order valence-electron chi connectivity index (χ4n) is 1.46. The van der Waals surface area contributed by atoms with Crippen molar-refractivity contribution in [3.63, 3.8) is 0 Å². The standard InChI is InChI=1S/C11H9BrClNO2S2/c1-2-3-7-14-8(11(15)16)9(18-7)6-4-5(12)10(13)17-6/h4H,2-3H2,1H3,(H,15,16). The van der Waals surface area contributed by atoms with Crippen LogP contribution in [-0.4, -0.2) is 16.1 Å². The SMILES string of the molecule is CCCc1nc(C(=O)O)c(-c2cc(Br)c(Cl)s2)s1. The predicted octanol–water partition coefficient (Wildman–Crippen LogP) is 4.94. The number of halogens is 2. The summed E-state index contributed by atoms with van der Waals surface area (Å²) in [5, 5.41) is 10.0. The monoisotopic (exact) mass is 365 g/mol. The zero-order valence-corrected chi connectivity index (χ0v) is 13.3. The smallest absolute Gasteiger partial charge is 0.356 e. The molecule has 96 valence electrons. The van der Waals surface area contributed by atoms with Crippen LogP contribution >= 0.6 is 50.2 Å². The summed E-state index contributed by atoms with van der Waals surface area (Å²) in [6, 6.07) is 1.84. The van der Waals surface area contributed by atoms with Gasteiger partial charge in [-0.05, 0) is 34.8 Å². The Labute approximate surface area is 126 Å². The molecule has 0 spiro atoms. The van der Waals surface area contributed by atoms with Crippen LogP contribution in [0.2, 0.25) is 4.34 Å². The zero-order chi connectivity index (χ0) is 13.3. The average molecular weight is 367 g/mol. The molecule has 1 N–H and O–H groups in total. The van der Waals surface area contributed by atoms with Gasteiger partial charge in [0.2, 0.25) is 0 Å². The van der Waals surface area contributed by atoms with Crippen LogP contribution < -0.4 is 0 Å². The number of carbonyl (C=O) groups is 1. The number of carboxylic acid groups (broad SMARTS) is 1. The van der Waals surface area contributed by atoms with Gasteiger partial charge in [0, 0.05) is 9.35 Å². The Bertz CT molecular complexity index is 574. The third-order valence-corrected chi connectivity index (χ3v) is 5.98. The summed E-state index contributed by atoms with van der Waals surface area (Å²) in [5.41, 5.74) is 0.119. The topological polar surface area (TPSA) is 50.2 Å². The number of aromatic carboxylic acids is 1. The van der Waals surface area contributed by atoms with Crippen LogP contribution in [0.5, 0.6) is 0 Å². The van der Waals surface area contributed by atoms with Crippen molar-refractivity contribution in [1.29, 1.82) is 0 Å². The molecule has 0 aliphatic rings. The zero-order valence-electron chi connectivity index (χ0n) is 9.37. The van der Waals surface area contributed by atoms with Crippen LogP contribution in [0.4, 0.5) is 0 Å². The normalized spacial score (nSPS) is 10.8. The molecule has 0 saturated carbocycles. The summed E-state index contributed by atoms with van der Waals surface area (Å²) in [4.78, 5) is 16.9. The number of aromatic nitrogens is 1. The molecule has 2 aromatic rings. The Morgan fingerprint density at radius 3 is 2.78 bits per heavy atom. The van der Waals surface area contributed by atoms with E-state index < -0.39 is 5.97 Å². The molecule has 7 heteroatoms. The van der Waals surface area contributed by atoms with Crippen molar-refractivity contribution in [2.24, 2.45) is 0 Å². The maximum atomic E-state index is 11.2. The molecule has 0 bridgehead atoms. The van der Waals surface area contributed by atoms with E-state index in [4.69, 9.17) is 11.6 Å². The van der Waals surface area contributed by atoms with Crippen molar-refractivity contribution in [2.75, 3.05) is 0 Å². The second-order valence-electron chi connectivity index (χ2n) is 3.57. The Morgan fingerprint density at radius 2 is 2.28 bits per heavy atom. The minimum absolute atomic E-state index is 0.119. The van der Waals surface area contributed by atoms with Gasteiger partial charge in [-0.2, -0.15) is 0 Å². The fourth-order valence-corrected chi connectivity index (χ4v) is 4.42. The van der Waals surface area contributed by atoms with Crippen molar-refractivity contribution in [3.05, 3.63) is 25.6 Å². The summed E-state index contributed by atoms with van der Waals surface area (Å²) in [6.45, 7) is 2.04. The third-order valence-electron chi connectivity index (χ3n) is 2.21. The lowest BCUT2D eigenvalue weighted by Gasteiger charge is -1.92. The molecule has 0 saturated heterocycles. The lowest BCUT2D eigenvalue weighted by atomic mass is 10.3. The number of hydrogen-bond donors (Lipinski definition) is 1. The first-order chi connectivity index (χ1) is 8.52. The average Bonchev–Trinajstić information content (AvgIpc) is 2.85. The van der Waals surface area contributed by atoms with E-state index in [2.05, 4.69) is 20.9 Å². The van der Waals surface area contributed by atoms with Gasteiger partial charge < -0.3 is 5.11 Å². The third kappa shape index (κ3) is 2.77. The van der Waals surface area contributed by atoms with Gasteiger partial charge in [-0.25, -0.2) is 9.78 Å². The summed E-state index contributed by atoms with van der Waals surface area (Å²) >= 11 is 12.1. The quantitative estimate of drug-likeness (QED) is 0.834. The van der Waals surface area contributed by atoms with E-state index in [1.54, 1.807) is 0 Å². The number of thiazole rings is 1. The van der Waals surface area contributed by atoms with E-state index >= 15 is 0 Å². The van der Waals surface area contributed by atoms with E-state index in [0.29, 0.717) is 9.21 Å². The second-order valence-corrected chi connectivity index (χ2v) is 7.17. The minimum atomic E-state index is -0.996. The molecule has 3 nitrogen and oxygen atoms in total. The largest absolute Gasteiger partial charge is 0.476 e. The molecule has 0 radical (unpaired) electrons. The molecule has 0 aliphatic heterocycles. The predicted molar refractivity (Wildman–Crippen MR) is 79.1 cm³/mol. The van der Waals surface area contributed by atoms with Gasteiger partial charge in [-0.3, -0.25) is 0 Å². The molecular formula is C11H9BrClNO2S2. The lowest BCUT2D eigenvalue weighted by Crippen LogP contribution is -1.98. The molecule has 0 amide bonds. The Morgan fingerprint density at radius 1 is 1.56 bits per heavy atom. The summed E-state index contributed by atoms with van der Waals surface area (Å²) in [6.07, 6.45) is 1.74. The summed E-state index contributed by atoms with van der Waals surface area (Å²) < 4.78 is 1.40. The molecule has 2 aromatic heterocycles. The van der Waals surface area contributed by atoms with E-state index in [1.165, 1.54) is 22.7 Å². The highest BCUT2D eigenvalue weighted by molar-refractivity contribution is 9.10. The lowest BCUT2D eigenvalue weighted by molar-refractivity contribution is 0.0692. The van der Waals surface area contributed by atoms with Crippen LogP contribution in [0.3, 0.4) is 0 Å². The van der Waals surface area contributed by atoms with E-state index in [9.17, 15) is 9.90 Å². The van der Waals surface area contributed by atoms with Crippen LogP contribution in [0, 0.1) is 0 Å². The van der Waals surface area contributed by atoms with E-state index in [1.807, 2.05) is 13.0 Å². The van der Waals surface area contributed by atoms with Crippen LogP contribution in [0.15, 0.2) is 10.5 Å². The Kier molecular flexibility index (Phi) is 4.42. The van der Waals surface area contributed by atoms with E-state index in [-0.39, 0.29) is 5.69 Å². The number of aryl methyl sites for hydroxylation is 1. The van der Waals surface area contributed by atoms with Crippen molar-refractivity contribution in [1.82, 2.24) is 4.98 Å². The highest BCUT2D eigenvalue weighted by Crippen LogP contribution is 2.41. The number of nitrogens with zero attached hydrogens (tertiary/aromatic N) is 1. The molecule has 2 heterocycles. The number of hydrogen-bond acceptors (Lipinski definition) is 4. The number of carboxylic acids is 1. The van der Waals surface area contributed by atoms with Gasteiger partial charge in [0.15, 0.2) is 5.69 Å². The minimum Gasteiger partial charge on any atom is -0.476 e. The molecule has 0 aromatic carbocycles. The highest BCUT2D eigenvalue weighted by Gasteiger charge is 2.20. The molecule has 0 atom stereocenters. The van der Waals surface area contributed by atoms with Gasteiger partial charge in [0.25, 0.3) is 0 Å². The van der Waals surface area contributed by atoms with Crippen molar-refractivity contribution in [2.45, 2.75) is 19.8 Å². The molecule has 0 aliphatic carbocycles. The first-order valence-corrected chi connectivity index (χ1v) is 8.01. The maximum absolute atomic E-state index is 11.2. The van der Waals surface area contributed by atoms with Crippen molar-refractivity contribution in [3.8, 4) is 9.75 Å². The van der Waals surface area contributed by atoms with Gasteiger partial charge in [-0.15, -0.1) is 22.7 Å². The highest BCUT2D eigenvalue weighted by atomic mass is 79.9. The molecular weight excluding hydrogens is 358 g/mol. The van der Waals surface area contributed by atoms with Crippen molar-refractivity contribution < 1.29 is 9.90 Å². The second kappa shape index (κ2) is 5.69.